The lowest BCUT2D eigenvalue weighted by atomic mass is 10.1. The Labute approximate surface area is 135 Å². The van der Waals surface area contributed by atoms with Crippen molar-refractivity contribution in [1.29, 1.82) is 0 Å². The van der Waals surface area contributed by atoms with Crippen molar-refractivity contribution < 1.29 is 13.2 Å². The van der Waals surface area contributed by atoms with Crippen LogP contribution in [0.4, 0.5) is 19.1 Å². The molecule has 1 aliphatic rings. The quantitative estimate of drug-likeness (QED) is 0.737. The van der Waals surface area contributed by atoms with Crippen LogP contribution in [0.1, 0.15) is 11.4 Å². The smallest absolute Gasteiger partial charge is 0.338 e. The number of benzene rings is 1. The van der Waals surface area contributed by atoms with Crippen LogP contribution in [-0.4, -0.2) is 45.8 Å². The molecule has 2 aromatic heterocycles. The van der Waals surface area contributed by atoms with Gasteiger partial charge in [-0.2, -0.15) is 17.7 Å². The number of nitrogens with one attached hydrogen (secondary N) is 1. The molecule has 0 aliphatic carbocycles. The summed E-state index contributed by atoms with van der Waals surface area (Å²) in [4.78, 5) is 10.9. The van der Waals surface area contributed by atoms with Crippen molar-refractivity contribution >= 4 is 22.5 Å². The van der Waals surface area contributed by atoms with Crippen molar-refractivity contribution in [1.82, 2.24) is 24.9 Å². The van der Waals surface area contributed by atoms with E-state index in [-0.39, 0.29) is 0 Å². The molecule has 126 valence electrons. The molecule has 0 spiro atoms. The predicted octanol–water partition coefficient (Wildman–Crippen LogP) is 2.01. The number of fused-ring (bicyclic) bond motifs is 3. The molecular formula is C15H15F3N6. The van der Waals surface area contributed by atoms with Gasteiger partial charge < -0.3 is 10.2 Å². The van der Waals surface area contributed by atoms with Gasteiger partial charge in [-0.3, -0.25) is 0 Å². The minimum atomic E-state index is -4.41. The van der Waals surface area contributed by atoms with E-state index in [2.05, 4.69) is 25.3 Å². The maximum absolute atomic E-state index is 13.0. The normalized spacial score (nSPS) is 16.2. The highest BCUT2D eigenvalue weighted by molar-refractivity contribution is 5.93. The number of aromatic nitrogens is 4. The van der Waals surface area contributed by atoms with Crippen LogP contribution in [-0.2, 0) is 6.18 Å². The van der Waals surface area contributed by atoms with Gasteiger partial charge in [0.15, 0.2) is 5.65 Å². The first kappa shape index (κ1) is 15.1. The molecule has 24 heavy (non-hydrogen) atoms. The Morgan fingerprint density at radius 1 is 1.12 bits per heavy atom. The molecule has 1 aromatic carbocycles. The molecule has 1 aliphatic heterocycles. The van der Waals surface area contributed by atoms with Gasteiger partial charge in [0.25, 0.3) is 0 Å². The lowest BCUT2D eigenvalue weighted by Crippen LogP contribution is -2.44. The van der Waals surface area contributed by atoms with Crippen molar-refractivity contribution in [2.75, 3.05) is 31.1 Å². The van der Waals surface area contributed by atoms with Crippen LogP contribution in [0.25, 0.3) is 16.6 Å². The summed E-state index contributed by atoms with van der Waals surface area (Å²) >= 11 is 0. The van der Waals surface area contributed by atoms with Crippen molar-refractivity contribution in [2.24, 2.45) is 0 Å². The van der Waals surface area contributed by atoms with Crippen LogP contribution < -0.4 is 10.2 Å². The molecule has 4 rings (SSSR count). The van der Waals surface area contributed by atoms with Crippen molar-refractivity contribution in [3.8, 4) is 0 Å². The number of hydrogen-bond acceptors (Lipinski definition) is 5. The van der Waals surface area contributed by atoms with Crippen LogP contribution in [0.15, 0.2) is 18.2 Å². The number of hydrogen-bond donors (Lipinski definition) is 1. The molecule has 3 heterocycles. The largest absolute Gasteiger partial charge is 0.416 e. The summed E-state index contributed by atoms with van der Waals surface area (Å²) in [6, 6.07) is 3.54. The molecular weight excluding hydrogens is 321 g/mol. The highest BCUT2D eigenvalue weighted by Gasteiger charge is 2.31. The number of rotatable bonds is 1. The Balaban J connectivity index is 1.97. The molecule has 0 saturated carbocycles. The van der Waals surface area contributed by atoms with Crippen LogP contribution >= 0.6 is 0 Å². The molecule has 0 unspecified atom stereocenters. The Hall–Kier alpha value is -2.42. The van der Waals surface area contributed by atoms with Crippen molar-refractivity contribution in [2.45, 2.75) is 13.1 Å². The highest BCUT2D eigenvalue weighted by atomic mass is 19.4. The maximum Gasteiger partial charge on any atom is 0.416 e. The number of nitrogens with zero attached hydrogens (tertiary/aromatic N) is 5. The molecule has 0 amide bonds. The van der Waals surface area contributed by atoms with Gasteiger partial charge in [0.1, 0.15) is 5.82 Å². The molecule has 1 N–H and O–H groups in total. The van der Waals surface area contributed by atoms with Crippen molar-refractivity contribution in [3.63, 3.8) is 0 Å². The van der Waals surface area contributed by atoms with E-state index in [1.807, 2.05) is 0 Å². The lowest BCUT2D eigenvalue weighted by Gasteiger charge is -2.28. The van der Waals surface area contributed by atoms with Gasteiger partial charge in [-0.15, -0.1) is 5.10 Å². The summed E-state index contributed by atoms with van der Waals surface area (Å²) in [6.45, 7) is 4.87. The second-order valence-corrected chi connectivity index (χ2v) is 5.77. The number of piperazine rings is 1. The Kier molecular flexibility index (Phi) is 3.34. The Bertz CT molecular complexity index is 911. The monoisotopic (exact) mass is 336 g/mol. The third-order valence-electron chi connectivity index (χ3n) is 4.09. The summed E-state index contributed by atoms with van der Waals surface area (Å²) in [5, 5.41) is 7.94. The number of aryl methyl sites for hydroxylation is 1. The minimum absolute atomic E-state index is 0.351. The summed E-state index contributed by atoms with van der Waals surface area (Å²) < 4.78 is 40.6. The van der Waals surface area contributed by atoms with Crippen LogP contribution in [0.3, 0.4) is 0 Å². The maximum atomic E-state index is 13.0. The van der Waals surface area contributed by atoms with Gasteiger partial charge in [0.05, 0.1) is 11.1 Å². The second-order valence-electron chi connectivity index (χ2n) is 5.77. The van der Waals surface area contributed by atoms with Gasteiger partial charge in [0, 0.05) is 31.6 Å². The third-order valence-corrected chi connectivity index (χ3v) is 4.09. The Morgan fingerprint density at radius 3 is 2.58 bits per heavy atom. The van der Waals surface area contributed by atoms with Gasteiger partial charge in [-0.25, -0.2) is 9.97 Å². The topological polar surface area (TPSA) is 58.4 Å². The van der Waals surface area contributed by atoms with E-state index in [0.717, 1.165) is 38.3 Å². The molecule has 9 heteroatoms. The fraction of sp³-hybridized carbons (Fsp3) is 0.400. The SMILES string of the molecule is Cc1nc2c3cc(C(F)(F)F)ccc3nc(N3CCNCC3)n2n1. The van der Waals surface area contributed by atoms with Gasteiger partial charge in [0.2, 0.25) is 5.95 Å². The average Bonchev–Trinajstić information content (AvgIpc) is 2.95. The molecule has 6 nitrogen and oxygen atoms in total. The van der Waals surface area contributed by atoms with E-state index < -0.39 is 11.7 Å². The first-order valence-corrected chi connectivity index (χ1v) is 7.63. The second kappa shape index (κ2) is 5.30. The van der Waals surface area contributed by atoms with E-state index in [1.165, 1.54) is 6.07 Å². The first-order chi connectivity index (χ1) is 11.4. The fourth-order valence-corrected chi connectivity index (χ4v) is 2.94. The van der Waals surface area contributed by atoms with Crippen LogP contribution in [0.5, 0.6) is 0 Å². The van der Waals surface area contributed by atoms with Gasteiger partial charge in [-0.05, 0) is 25.1 Å². The highest BCUT2D eigenvalue weighted by Crippen LogP contribution is 2.32. The molecule has 0 radical (unpaired) electrons. The predicted molar refractivity (Wildman–Crippen MR) is 83.1 cm³/mol. The fourth-order valence-electron chi connectivity index (χ4n) is 2.94. The Morgan fingerprint density at radius 2 is 1.88 bits per heavy atom. The van der Waals surface area contributed by atoms with E-state index >= 15 is 0 Å². The zero-order chi connectivity index (χ0) is 16.9. The van der Waals surface area contributed by atoms with Crippen molar-refractivity contribution in [3.05, 3.63) is 29.6 Å². The van der Waals surface area contributed by atoms with E-state index in [0.29, 0.717) is 28.3 Å². The van der Waals surface area contributed by atoms with E-state index in [1.54, 1.807) is 11.4 Å². The molecule has 0 bridgehead atoms. The van der Waals surface area contributed by atoms with Gasteiger partial charge >= 0.3 is 6.18 Å². The number of anilines is 1. The number of halogens is 3. The van der Waals surface area contributed by atoms with Crippen LogP contribution in [0, 0.1) is 6.92 Å². The van der Waals surface area contributed by atoms with E-state index in [9.17, 15) is 13.2 Å². The zero-order valence-electron chi connectivity index (χ0n) is 12.9. The average molecular weight is 336 g/mol. The molecule has 0 atom stereocenters. The van der Waals surface area contributed by atoms with E-state index in [4.69, 9.17) is 0 Å². The summed E-state index contributed by atoms with van der Waals surface area (Å²) in [5.74, 6) is 1.11. The molecule has 1 fully saturated rings. The summed E-state index contributed by atoms with van der Waals surface area (Å²) in [7, 11) is 0. The minimum Gasteiger partial charge on any atom is -0.338 e. The summed E-state index contributed by atoms with van der Waals surface area (Å²) in [6.07, 6.45) is -4.41. The number of alkyl halides is 3. The van der Waals surface area contributed by atoms with Gasteiger partial charge in [-0.1, -0.05) is 0 Å². The molecule has 1 saturated heterocycles. The zero-order valence-corrected chi connectivity index (χ0v) is 12.9. The third kappa shape index (κ3) is 2.44. The summed E-state index contributed by atoms with van der Waals surface area (Å²) in [5.41, 5.74) is 0.169. The molecule has 3 aromatic rings. The standard InChI is InChI=1S/C15H15F3N6/c1-9-20-13-11-8-10(15(16,17)18)2-3-12(11)21-14(24(13)22-9)23-6-4-19-5-7-23/h2-3,8,19H,4-7H2,1H3. The lowest BCUT2D eigenvalue weighted by molar-refractivity contribution is -0.137. The van der Waals surface area contributed by atoms with Crippen LogP contribution in [0.2, 0.25) is 0 Å². The first-order valence-electron chi connectivity index (χ1n) is 7.63.